The van der Waals surface area contributed by atoms with Crippen LogP contribution in [0.1, 0.15) is 0 Å². The maximum Gasteiger partial charge on any atom is 2.00 e. The first kappa shape index (κ1) is 33.7. The Balaban J connectivity index is -0.000000451. The Bertz CT molecular complexity index is 463. The van der Waals surface area contributed by atoms with E-state index in [0.29, 0.717) is 0 Å². The van der Waals surface area contributed by atoms with E-state index < -0.39 is 73.2 Å². The van der Waals surface area contributed by atoms with Gasteiger partial charge in [0.05, 0.1) is 25.2 Å². The molecule has 16 nitrogen and oxygen atoms in total. The summed E-state index contributed by atoms with van der Waals surface area (Å²) in [6.07, 6.45) is -12.6. The molecule has 0 aliphatic heterocycles. The van der Waals surface area contributed by atoms with Crippen molar-refractivity contribution < 1.29 is 70.9 Å². The number of carboxylic acid groups (broad SMARTS) is 2. The first-order valence-corrected chi connectivity index (χ1v) is 7.25. The van der Waals surface area contributed by atoms with E-state index in [2.05, 4.69) is 11.5 Å². The van der Waals surface area contributed by atoms with E-state index in [1.54, 1.807) is 0 Å². The van der Waals surface area contributed by atoms with Crippen LogP contribution in [-0.2, 0) is 9.59 Å². The van der Waals surface area contributed by atoms with E-state index in [1.165, 1.54) is 0 Å². The molecule has 0 heterocycles. The molecule has 0 radical (unpaired) electrons. The van der Waals surface area contributed by atoms with Gasteiger partial charge >= 0.3 is 48.9 Å². The molecule has 14 N–H and O–H groups in total. The van der Waals surface area contributed by atoms with Gasteiger partial charge in [-0.1, -0.05) is 0 Å². The molecule has 0 aliphatic carbocycles. The molecule has 29 heavy (non-hydrogen) atoms. The van der Waals surface area contributed by atoms with Crippen molar-refractivity contribution in [3.05, 3.63) is 0 Å². The fraction of sp³-hybridized carbons (Fsp3) is 0.833. The van der Waals surface area contributed by atoms with Gasteiger partial charge in [-0.15, -0.1) is 0 Å². The van der Waals surface area contributed by atoms with Gasteiger partial charge in [-0.3, -0.25) is 11.5 Å². The minimum absolute atomic E-state index is 0. The largest absolute Gasteiger partial charge is 2.00 e. The Morgan fingerprint density at radius 1 is 0.724 bits per heavy atom. The monoisotopic (exact) mass is 558 g/mol. The third kappa shape index (κ3) is 9.80. The van der Waals surface area contributed by atoms with E-state index in [1.807, 2.05) is 0 Å². The van der Waals surface area contributed by atoms with E-state index in [0.717, 1.165) is 0 Å². The molecule has 17 heteroatoms. The van der Waals surface area contributed by atoms with Gasteiger partial charge in [0.15, 0.2) is 11.4 Å². The Morgan fingerprint density at radius 2 is 0.931 bits per heavy atom. The topological polar surface area (TPSA) is 335 Å². The van der Waals surface area contributed by atoms with Gasteiger partial charge in [0.1, 0.15) is 36.6 Å². The summed E-state index contributed by atoms with van der Waals surface area (Å²) in [5.41, 5.74) is 2.98. The van der Waals surface area contributed by atoms with E-state index in [4.69, 9.17) is 51.1 Å². The van der Waals surface area contributed by atoms with Crippen molar-refractivity contribution in [2.45, 2.75) is 48.1 Å². The van der Waals surface area contributed by atoms with Gasteiger partial charge < -0.3 is 70.9 Å². The van der Waals surface area contributed by atoms with Crippen molar-refractivity contribution in [3.63, 3.8) is 0 Å². The second-order valence-electron chi connectivity index (χ2n) is 5.60. The summed E-state index contributed by atoms with van der Waals surface area (Å²) in [6.45, 7) is -1.86. The van der Waals surface area contributed by atoms with Crippen molar-refractivity contribution in [2.75, 3.05) is 13.2 Å². The maximum atomic E-state index is 10.2. The standard InChI is InChI=1S/2C6H13NO7.Ba/c2*7-6(14,5(12)13)4(11)3(10)2(9)1-8;/h2*2-4,8-11,14H,1,7H2,(H,12,13);/q;;+2/p-2/t2*2-,3-,4+,6-;/m11./s1. The van der Waals surface area contributed by atoms with Crippen LogP contribution >= 0.6 is 0 Å². The number of carbonyl (C=O) groups excluding carboxylic acids is 2. The molecule has 0 bridgehead atoms. The molecule has 0 aromatic carbocycles. The number of aliphatic hydroxyl groups excluding tert-OH is 8. The Morgan fingerprint density at radius 3 is 1.07 bits per heavy atom. The first-order valence-electron chi connectivity index (χ1n) is 7.25. The van der Waals surface area contributed by atoms with Crippen molar-refractivity contribution in [2.24, 2.45) is 11.5 Å². The van der Waals surface area contributed by atoms with Crippen LogP contribution < -0.4 is 21.7 Å². The second kappa shape index (κ2) is 14.2. The minimum Gasteiger partial charge on any atom is -0.545 e. The van der Waals surface area contributed by atoms with Crippen LogP contribution in [0.2, 0.25) is 0 Å². The molecular weight excluding hydrogens is 533 g/mol. The molecule has 0 saturated carbocycles. The second-order valence-corrected chi connectivity index (χ2v) is 5.60. The number of aliphatic carboxylic acids is 2. The summed E-state index contributed by atoms with van der Waals surface area (Å²) in [4.78, 5) is 20.4. The van der Waals surface area contributed by atoms with Crippen molar-refractivity contribution >= 4 is 60.8 Å². The molecule has 0 fully saturated rings. The van der Waals surface area contributed by atoms with Gasteiger partial charge in [-0.25, -0.2) is 0 Å². The van der Waals surface area contributed by atoms with Crippen LogP contribution in [0.4, 0.5) is 0 Å². The zero-order valence-electron chi connectivity index (χ0n) is 14.8. The molecule has 0 saturated heterocycles. The Labute approximate surface area is 203 Å². The Kier molecular flexibility index (Phi) is 16.4. The smallest absolute Gasteiger partial charge is 0.545 e. The third-order valence-corrected chi connectivity index (χ3v) is 3.37. The van der Waals surface area contributed by atoms with Crippen molar-refractivity contribution in [1.82, 2.24) is 0 Å². The van der Waals surface area contributed by atoms with E-state index >= 15 is 0 Å². The van der Waals surface area contributed by atoms with Crippen LogP contribution in [0.25, 0.3) is 0 Å². The summed E-state index contributed by atoms with van der Waals surface area (Å²) in [6, 6.07) is 0. The molecule has 0 unspecified atom stereocenters. The van der Waals surface area contributed by atoms with Crippen LogP contribution in [0.3, 0.4) is 0 Å². The van der Waals surface area contributed by atoms with Gasteiger partial charge in [0.25, 0.3) is 0 Å². The zero-order valence-corrected chi connectivity index (χ0v) is 19.3. The molecule has 168 valence electrons. The molecule has 0 aromatic rings. The van der Waals surface area contributed by atoms with Crippen LogP contribution in [0.5, 0.6) is 0 Å². The number of aliphatic hydroxyl groups is 10. The van der Waals surface area contributed by atoms with Gasteiger partial charge in [0, 0.05) is 0 Å². The average Bonchev–Trinajstić information content (AvgIpc) is 2.63. The number of carboxylic acids is 2. The fourth-order valence-corrected chi connectivity index (χ4v) is 1.40. The SMILES string of the molecule is N[C@](O)(C(=O)[O-])[C@@H](O)[C@H](O)[C@H](O)CO.N[C@](O)(C(=O)[O-])[C@@H](O)[C@H](O)[C@H](O)CO.[Ba+2]. The van der Waals surface area contributed by atoms with Crippen LogP contribution in [0.15, 0.2) is 0 Å². The Hall–Kier alpha value is 0.0314. The molecule has 0 amide bonds. The summed E-state index contributed by atoms with van der Waals surface area (Å²) < 4.78 is 0. The molecule has 0 aromatic heterocycles. The van der Waals surface area contributed by atoms with Gasteiger partial charge in [0.2, 0.25) is 0 Å². The van der Waals surface area contributed by atoms with Gasteiger partial charge in [-0.05, 0) is 0 Å². The summed E-state index contributed by atoms with van der Waals surface area (Å²) in [5, 5.41) is 108. The third-order valence-electron chi connectivity index (χ3n) is 3.37. The minimum atomic E-state index is -3.20. The number of hydrogen-bond acceptors (Lipinski definition) is 16. The van der Waals surface area contributed by atoms with E-state index in [9.17, 15) is 19.8 Å². The average molecular weight is 558 g/mol. The summed E-state index contributed by atoms with van der Waals surface area (Å²) in [5.74, 6) is -4.43. The number of nitrogens with two attached hydrogens (primary N) is 2. The van der Waals surface area contributed by atoms with Crippen LogP contribution in [-0.4, -0.2) is 173 Å². The summed E-state index contributed by atoms with van der Waals surface area (Å²) >= 11 is 0. The number of rotatable bonds is 10. The molecule has 0 rings (SSSR count). The quantitative estimate of drug-likeness (QED) is 0.0875. The van der Waals surface area contributed by atoms with Gasteiger partial charge in [-0.2, -0.15) is 0 Å². The molecule has 0 aliphatic rings. The number of carbonyl (C=O) groups is 2. The molecule has 0 spiro atoms. The predicted molar refractivity (Wildman–Crippen MR) is 84.3 cm³/mol. The first-order chi connectivity index (χ1) is 12.5. The zero-order chi connectivity index (χ0) is 23.0. The fourth-order valence-electron chi connectivity index (χ4n) is 1.40. The van der Waals surface area contributed by atoms with Crippen molar-refractivity contribution in [1.29, 1.82) is 0 Å². The summed E-state index contributed by atoms with van der Waals surface area (Å²) in [7, 11) is 0. The van der Waals surface area contributed by atoms with Crippen molar-refractivity contribution in [3.8, 4) is 0 Å². The molecule has 8 atom stereocenters. The predicted octanol–water partition coefficient (Wildman–Crippen LogP) is -11.5. The van der Waals surface area contributed by atoms with E-state index in [-0.39, 0.29) is 48.9 Å². The number of hydrogen-bond donors (Lipinski definition) is 12. The normalized spacial score (nSPS) is 21.4. The molecular formula is C12H24BaN2O14. The van der Waals surface area contributed by atoms with Crippen LogP contribution in [0, 0.1) is 0 Å². The maximum absolute atomic E-state index is 10.2.